The van der Waals surface area contributed by atoms with E-state index in [0.717, 1.165) is 0 Å². The highest BCUT2D eigenvalue weighted by Gasteiger charge is 2.28. The molecule has 0 spiro atoms. The van der Waals surface area contributed by atoms with Gasteiger partial charge in [0.1, 0.15) is 0 Å². The van der Waals surface area contributed by atoms with E-state index in [1.165, 1.54) is 81.0 Å². The van der Waals surface area contributed by atoms with Crippen molar-refractivity contribution in [1.29, 1.82) is 0 Å². The van der Waals surface area contributed by atoms with Crippen LogP contribution in [0.2, 0.25) is 0 Å². The summed E-state index contributed by atoms with van der Waals surface area (Å²) in [6, 6.07) is 57.6. The van der Waals surface area contributed by atoms with Gasteiger partial charge in [0.2, 0.25) is 0 Å². The Bertz CT molecular complexity index is 2070. The summed E-state index contributed by atoms with van der Waals surface area (Å²) in [6.45, 7) is 8.64. The average molecular weight is 783 g/mol. The van der Waals surface area contributed by atoms with E-state index in [4.69, 9.17) is 0 Å². The quantitative estimate of drug-likeness (QED) is 0.120. The van der Waals surface area contributed by atoms with Crippen LogP contribution in [0, 0.1) is 27.7 Å². The number of rotatable bonds is 12. The second-order valence-corrected chi connectivity index (χ2v) is 19.0. The summed E-state index contributed by atoms with van der Waals surface area (Å²) in [5, 5.41) is 0. The van der Waals surface area contributed by atoms with Crippen molar-refractivity contribution in [2.24, 2.45) is 0 Å². The van der Waals surface area contributed by atoms with Crippen molar-refractivity contribution < 1.29 is 0 Å². The third kappa shape index (κ3) is 9.59. The topological polar surface area (TPSA) is 0 Å². The van der Waals surface area contributed by atoms with Crippen molar-refractivity contribution >= 4 is 70.6 Å². The molecule has 7 rings (SSSR count). The van der Waals surface area contributed by atoms with Gasteiger partial charge in [-0.05, 0) is 100 Å². The zero-order valence-corrected chi connectivity index (χ0v) is 34.4. The highest BCUT2D eigenvalue weighted by atomic mass is 32.2. The molecular formula is C46H38S6. The lowest BCUT2D eigenvalue weighted by Crippen LogP contribution is -1.97. The van der Waals surface area contributed by atoms with E-state index in [1.54, 1.807) is 0 Å². The predicted molar refractivity (Wildman–Crippen MR) is 229 cm³/mol. The fourth-order valence-corrected chi connectivity index (χ4v) is 12.6. The molecule has 0 saturated carbocycles. The van der Waals surface area contributed by atoms with E-state index < -0.39 is 0 Å². The van der Waals surface area contributed by atoms with E-state index in [9.17, 15) is 0 Å². The minimum atomic E-state index is 1.22. The van der Waals surface area contributed by atoms with Crippen LogP contribution in [0.5, 0.6) is 0 Å². The Hall–Kier alpha value is -3.36. The molecule has 0 nitrogen and oxygen atoms in total. The zero-order chi connectivity index (χ0) is 35.9. The van der Waals surface area contributed by atoms with E-state index in [1.807, 2.05) is 70.6 Å². The largest absolute Gasteiger partial charge is 0.0876 e. The molecule has 0 aliphatic carbocycles. The molecule has 0 aromatic heterocycles. The Morgan fingerprint density at radius 2 is 0.385 bits per heavy atom. The minimum absolute atomic E-state index is 1.22. The van der Waals surface area contributed by atoms with Crippen molar-refractivity contribution in [1.82, 2.24) is 0 Å². The third-order valence-electron chi connectivity index (χ3n) is 8.13. The van der Waals surface area contributed by atoms with Gasteiger partial charge in [-0.1, -0.05) is 178 Å². The maximum atomic E-state index is 2.27. The Balaban J connectivity index is 1.57. The smallest absolute Gasteiger partial charge is 0.0425 e. The van der Waals surface area contributed by atoms with Crippen LogP contribution in [0.4, 0.5) is 0 Å². The highest BCUT2D eigenvalue weighted by Crippen LogP contribution is 2.59. The number of benzene rings is 7. The summed E-state index contributed by atoms with van der Waals surface area (Å²) in [6.07, 6.45) is 0. The van der Waals surface area contributed by atoms with Gasteiger partial charge in [0.05, 0.1) is 0 Å². The van der Waals surface area contributed by atoms with Crippen LogP contribution >= 0.6 is 70.6 Å². The van der Waals surface area contributed by atoms with Crippen LogP contribution in [0.3, 0.4) is 0 Å². The van der Waals surface area contributed by atoms with Gasteiger partial charge in [-0.25, -0.2) is 0 Å². The van der Waals surface area contributed by atoms with Gasteiger partial charge < -0.3 is 0 Å². The second kappa shape index (κ2) is 17.6. The van der Waals surface area contributed by atoms with Crippen LogP contribution in [-0.4, -0.2) is 0 Å². The van der Waals surface area contributed by atoms with E-state index in [-0.39, 0.29) is 0 Å². The van der Waals surface area contributed by atoms with Crippen LogP contribution in [0.1, 0.15) is 22.3 Å². The molecule has 0 N–H and O–H groups in total. The summed E-state index contributed by atoms with van der Waals surface area (Å²) >= 11 is 11.3. The number of hydrogen-bond acceptors (Lipinski definition) is 6. The zero-order valence-electron chi connectivity index (χ0n) is 29.5. The molecule has 0 fully saturated rings. The van der Waals surface area contributed by atoms with Gasteiger partial charge in [-0.3, -0.25) is 0 Å². The molecule has 258 valence electrons. The fraction of sp³-hybridized carbons (Fsp3) is 0.0870. The lowest BCUT2D eigenvalue weighted by atomic mass is 10.2. The summed E-state index contributed by atoms with van der Waals surface area (Å²) in [7, 11) is 0. The van der Waals surface area contributed by atoms with E-state index in [0.29, 0.717) is 0 Å². The Labute approximate surface area is 334 Å². The maximum absolute atomic E-state index is 2.27. The predicted octanol–water partition coefficient (Wildman–Crippen LogP) is 15.8. The van der Waals surface area contributed by atoms with Gasteiger partial charge in [0.15, 0.2) is 0 Å². The first-order chi connectivity index (χ1) is 25.4. The maximum Gasteiger partial charge on any atom is 0.0425 e. The number of hydrogen-bond donors (Lipinski definition) is 0. The molecule has 0 aliphatic heterocycles. The standard InChI is InChI=1S/C46H38S6/c1-31-15-23-37(24-16-31)49-43-41(47-35-11-7-5-8-12-35)42(48-36-13-9-6-10-14-36)44(50-38-25-17-32(2)18-26-38)46(52-40-29-21-34(4)22-30-40)45(43)51-39-27-19-33(3)20-28-39/h5-30H,1-4H3. The SMILES string of the molecule is Cc1ccc(Sc2c(Sc3ccccc3)c(Sc3ccccc3)c(Sc3ccc(C)cc3)c(Sc3ccc(C)cc3)c2Sc2ccc(C)cc2)cc1. The van der Waals surface area contributed by atoms with Gasteiger partial charge in [-0.15, -0.1) is 0 Å². The Kier molecular flexibility index (Phi) is 12.5. The molecule has 0 bridgehead atoms. The summed E-state index contributed by atoms with van der Waals surface area (Å²) < 4.78 is 0. The lowest BCUT2D eigenvalue weighted by Gasteiger charge is -2.25. The third-order valence-corrected chi connectivity index (χ3v) is 15.6. The van der Waals surface area contributed by atoms with Gasteiger partial charge in [0.25, 0.3) is 0 Å². The van der Waals surface area contributed by atoms with Crippen molar-refractivity contribution in [2.45, 2.75) is 86.4 Å². The first kappa shape index (κ1) is 37.0. The highest BCUT2D eigenvalue weighted by molar-refractivity contribution is 8.07. The molecule has 0 heterocycles. The van der Waals surface area contributed by atoms with Gasteiger partial charge in [-0.2, -0.15) is 0 Å². The first-order valence-corrected chi connectivity index (χ1v) is 22.0. The molecule has 0 atom stereocenters. The molecule has 7 aromatic rings. The molecule has 0 unspecified atom stereocenters. The Morgan fingerprint density at radius 3 is 0.577 bits per heavy atom. The minimum Gasteiger partial charge on any atom is -0.0876 e. The van der Waals surface area contributed by atoms with Crippen LogP contribution in [0.15, 0.2) is 216 Å². The van der Waals surface area contributed by atoms with Crippen molar-refractivity contribution in [2.75, 3.05) is 0 Å². The summed E-state index contributed by atoms with van der Waals surface area (Å²) in [4.78, 5) is 15.1. The Morgan fingerprint density at radius 1 is 0.212 bits per heavy atom. The van der Waals surface area contributed by atoms with Crippen LogP contribution < -0.4 is 0 Å². The molecular weight excluding hydrogens is 745 g/mol. The molecule has 52 heavy (non-hydrogen) atoms. The van der Waals surface area contributed by atoms with Crippen molar-refractivity contribution in [3.8, 4) is 0 Å². The monoisotopic (exact) mass is 782 g/mol. The molecule has 7 aromatic carbocycles. The van der Waals surface area contributed by atoms with Crippen LogP contribution in [-0.2, 0) is 0 Å². The summed E-state index contributed by atoms with van der Waals surface area (Å²) in [5.41, 5.74) is 5.05. The average Bonchev–Trinajstić information content (AvgIpc) is 3.16. The molecule has 0 aliphatic rings. The summed E-state index contributed by atoms with van der Waals surface area (Å²) in [5.74, 6) is 0. The fourth-order valence-electron chi connectivity index (χ4n) is 5.28. The molecule has 6 heteroatoms. The second-order valence-electron chi connectivity index (χ2n) is 12.5. The molecule has 0 radical (unpaired) electrons. The van der Waals surface area contributed by atoms with Crippen LogP contribution in [0.25, 0.3) is 0 Å². The number of aryl methyl sites for hydroxylation is 4. The van der Waals surface area contributed by atoms with Gasteiger partial charge in [0, 0.05) is 58.7 Å². The lowest BCUT2D eigenvalue weighted by molar-refractivity contribution is 0.871. The van der Waals surface area contributed by atoms with Crippen molar-refractivity contribution in [3.63, 3.8) is 0 Å². The van der Waals surface area contributed by atoms with E-state index >= 15 is 0 Å². The molecule has 0 saturated heterocycles. The first-order valence-electron chi connectivity index (χ1n) is 17.1. The van der Waals surface area contributed by atoms with E-state index in [2.05, 4.69) is 185 Å². The van der Waals surface area contributed by atoms with Crippen molar-refractivity contribution in [3.05, 3.63) is 180 Å². The normalized spacial score (nSPS) is 11.2. The van der Waals surface area contributed by atoms with Gasteiger partial charge >= 0.3 is 0 Å². The molecule has 0 amide bonds.